The molecule has 0 saturated carbocycles. The lowest BCUT2D eigenvalue weighted by atomic mass is 10.0. The first-order chi connectivity index (χ1) is 10.3. The molecule has 1 aliphatic rings. The summed E-state index contributed by atoms with van der Waals surface area (Å²) in [6.45, 7) is 4.05. The third-order valence-corrected chi connectivity index (χ3v) is 4.15. The van der Waals surface area contributed by atoms with Gasteiger partial charge in [0.15, 0.2) is 0 Å². The predicted octanol–water partition coefficient (Wildman–Crippen LogP) is 3.01. The monoisotopic (exact) mass is 278 g/mol. The molecule has 0 radical (unpaired) electrons. The van der Waals surface area contributed by atoms with Crippen LogP contribution < -0.4 is 5.32 Å². The van der Waals surface area contributed by atoms with Crippen molar-refractivity contribution in [2.75, 3.05) is 13.1 Å². The Bertz CT molecular complexity index is 770. The number of aryl methyl sites for hydroxylation is 1. The Morgan fingerprint density at radius 2 is 2.00 bits per heavy atom. The molecule has 21 heavy (non-hydrogen) atoms. The van der Waals surface area contributed by atoms with Gasteiger partial charge in [-0.3, -0.25) is 0 Å². The molecule has 1 aliphatic heterocycles. The van der Waals surface area contributed by atoms with Gasteiger partial charge in [0.25, 0.3) is 0 Å². The van der Waals surface area contributed by atoms with Gasteiger partial charge < -0.3 is 10.3 Å². The normalized spacial score (nSPS) is 18.4. The Kier molecular flexibility index (Phi) is 2.97. The van der Waals surface area contributed by atoms with Crippen molar-refractivity contribution in [1.29, 1.82) is 0 Å². The molecule has 4 heteroatoms. The van der Waals surface area contributed by atoms with E-state index < -0.39 is 0 Å². The number of benzene rings is 1. The summed E-state index contributed by atoms with van der Waals surface area (Å²) in [4.78, 5) is 12.8. The number of hydrogen-bond donors (Lipinski definition) is 2. The highest BCUT2D eigenvalue weighted by Crippen LogP contribution is 2.30. The number of aromatic amines is 1. The summed E-state index contributed by atoms with van der Waals surface area (Å²) in [6, 6.07) is 12.5. The fourth-order valence-electron chi connectivity index (χ4n) is 3.11. The molecule has 1 fully saturated rings. The maximum Gasteiger partial charge on any atom is 0.126 e. The van der Waals surface area contributed by atoms with Crippen LogP contribution in [-0.4, -0.2) is 28.0 Å². The van der Waals surface area contributed by atoms with Gasteiger partial charge >= 0.3 is 0 Å². The Morgan fingerprint density at radius 3 is 2.76 bits per heavy atom. The van der Waals surface area contributed by atoms with Crippen molar-refractivity contribution in [2.45, 2.75) is 19.3 Å². The number of hydrogen-bond acceptors (Lipinski definition) is 3. The van der Waals surface area contributed by atoms with E-state index in [4.69, 9.17) is 4.98 Å². The summed E-state index contributed by atoms with van der Waals surface area (Å²) in [5.74, 6) is 1.33. The molecule has 1 unspecified atom stereocenters. The van der Waals surface area contributed by atoms with Crippen LogP contribution in [0.1, 0.15) is 23.9 Å². The Hall–Kier alpha value is -2.20. The van der Waals surface area contributed by atoms with E-state index in [1.807, 2.05) is 13.0 Å². The van der Waals surface area contributed by atoms with Gasteiger partial charge in [-0.15, -0.1) is 0 Å². The van der Waals surface area contributed by atoms with E-state index in [9.17, 15) is 0 Å². The lowest BCUT2D eigenvalue weighted by Gasteiger charge is -2.09. The second-order valence-electron chi connectivity index (χ2n) is 5.66. The average molecular weight is 278 g/mol. The molecule has 2 N–H and O–H groups in total. The summed E-state index contributed by atoms with van der Waals surface area (Å²) < 4.78 is 0. The van der Waals surface area contributed by atoms with Crippen LogP contribution in [-0.2, 0) is 0 Å². The highest BCUT2D eigenvalue weighted by molar-refractivity contribution is 5.84. The molecule has 2 aromatic heterocycles. The third-order valence-electron chi connectivity index (χ3n) is 4.15. The number of rotatable bonds is 2. The number of H-pyrrole nitrogens is 1. The van der Waals surface area contributed by atoms with Crippen LogP contribution >= 0.6 is 0 Å². The highest BCUT2D eigenvalue weighted by atomic mass is 15.0. The van der Waals surface area contributed by atoms with Crippen LogP contribution in [0.4, 0.5) is 0 Å². The van der Waals surface area contributed by atoms with Crippen molar-refractivity contribution in [3.8, 4) is 11.3 Å². The zero-order chi connectivity index (χ0) is 14.2. The Morgan fingerprint density at radius 1 is 1.14 bits per heavy atom. The second kappa shape index (κ2) is 4.97. The predicted molar refractivity (Wildman–Crippen MR) is 84.3 cm³/mol. The van der Waals surface area contributed by atoms with Crippen molar-refractivity contribution in [3.63, 3.8) is 0 Å². The number of aromatic nitrogens is 3. The molecular weight excluding hydrogens is 260 g/mol. The standard InChI is InChI=1S/C17H18N4/c1-11-19-15-9-14(12-5-3-2-4-6-12)21-17(15)16(20-11)13-7-8-18-10-13/h2-6,9,13,18,21H,7-8,10H2,1H3. The first kappa shape index (κ1) is 12.5. The summed E-state index contributed by atoms with van der Waals surface area (Å²) in [6.07, 6.45) is 1.14. The fourth-order valence-corrected chi connectivity index (χ4v) is 3.11. The number of fused-ring (bicyclic) bond motifs is 1. The summed E-state index contributed by atoms with van der Waals surface area (Å²) in [5, 5.41) is 3.42. The first-order valence-corrected chi connectivity index (χ1v) is 7.44. The third kappa shape index (κ3) is 2.21. The largest absolute Gasteiger partial charge is 0.352 e. The molecule has 106 valence electrons. The van der Waals surface area contributed by atoms with Crippen LogP contribution in [0.25, 0.3) is 22.3 Å². The molecular formula is C17H18N4. The van der Waals surface area contributed by atoms with E-state index in [1.165, 1.54) is 5.56 Å². The SMILES string of the molecule is Cc1nc(C2CCNC2)c2[nH]c(-c3ccccc3)cc2n1. The molecule has 1 saturated heterocycles. The molecule has 3 aromatic rings. The molecule has 0 aliphatic carbocycles. The topological polar surface area (TPSA) is 53.6 Å². The van der Waals surface area contributed by atoms with E-state index in [0.717, 1.165) is 47.8 Å². The van der Waals surface area contributed by atoms with E-state index >= 15 is 0 Å². The zero-order valence-corrected chi connectivity index (χ0v) is 12.1. The van der Waals surface area contributed by atoms with E-state index in [0.29, 0.717) is 5.92 Å². The van der Waals surface area contributed by atoms with Gasteiger partial charge in [0, 0.05) is 18.2 Å². The molecule has 1 aromatic carbocycles. The first-order valence-electron chi connectivity index (χ1n) is 7.44. The van der Waals surface area contributed by atoms with Gasteiger partial charge in [-0.05, 0) is 31.5 Å². The zero-order valence-electron chi connectivity index (χ0n) is 12.1. The maximum atomic E-state index is 4.71. The summed E-state index contributed by atoms with van der Waals surface area (Å²) in [7, 11) is 0. The van der Waals surface area contributed by atoms with Crippen molar-refractivity contribution < 1.29 is 0 Å². The van der Waals surface area contributed by atoms with Gasteiger partial charge in [-0.2, -0.15) is 0 Å². The van der Waals surface area contributed by atoms with Gasteiger partial charge in [0.05, 0.1) is 16.7 Å². The minimum atomic E-state index is 0.483. The Labute approximate surface area is 123 Å². The molecule has 3 heterocycles. The Balaban J connectivity index is 1.88. The molecule has 1 atom stereocenters. The lowest BCUT2D eigenvalue weighted by molar-refractivity contribution is 0.733. The van der Waals surface area contributed by atoms with Crippen molar-refractivity contribution in [3.05, 3.63) is 47.9 Å². The van der Waals surface area contributed by atoms with Crippen molar-refractivity contribution in [1.82, 2.24) is 20.3 Å². The lowest BCUT2D eigenvalue weighted by Crippen LogP contribution is -2.10. The fraction of sp³-hybridized carbons (Fsp3) is 0.294. The quantitative estimate of drug-likeness (QED) is 0.757. The van der Waals surface area contributed by atoms with Gasteiger partial charge in [-0.25, -0.2) is 9.97 Å². The smallest absolute Gasteiger partial charge is 0.126 e. The number of nitrogens with zero attached hydrogens (tertiary/aromatic N) is 2. The van der Waals surface area contributed by atoms with Gasteiger partial charge in [0.1, 0.15) is 5.82 Å². The van der Waals surface area contributed by atoms with Crippen LogP contribution in [0.5, 0.6) is 0 Å². The summed E-state index contributed by atoms with van der Waals surface area (Å²) >= 11 is 0. The van der Waals surface area contributed by atoms with Crippen LogP contribution in [0.2, 0.25) is 0 Å². The molecule has 4 nitrogen and oxygen atoms in total. The minimum Gasteiger partial charge on any atom is -0.352 e. The number of nitrogens with one attached hydrogen (secondary N) is 2. The van der Waals surface area contributed by atoms with Crippen molar-refractivity contribution in [2.24, 2.45) is 0 Å². The van der Waals surface area contributed by atoms with Gasteiger partial charge in [0.2, 0.25) is 0 Å². The van der Waals surface area contributed by atoms with E-state index in [1.54, 1.807) is 0 Å². The highest BCUT2D eigenvalue weighted by Gasteiger charge is 2.22. The van der Waals surface area contributed by atoms with Crippen LogP contribution in [0.15, 0.2) is 36.4 Å². The molecule has 4 rings (SSSR count). The maximum absolute atomic E-state index is 4.71. The van der Waals surface area contributed by atoms with E-state index in [-0.39, 0.29) is 0 Å². The van der Waals surface area contributed by atoms with Crippen LogP contribution in [0, 0.1) is 6.92 Å². The average Bonchev–Trinajstić information content (AvgIpc) is 3.16. The second-order valence-corrected chi connectivity index (χ2v) is 5.66. The summed E-state index contributed by atoms with van der Waals surface area (Å²) in [5.41, 5.74) is 5.56. The minimum absolute atomic E-state index is 0.483. The molecule has 0 amide bonds. The van der Waals surface area contributed by atoms with Crippen LogP contribution in [0.3, 0.4) is 0 Å². The molecule has 0 spiro atoms. The molecule has 0 bridgehead atoms. The van der Waals surface area contributed by atoms with Crippen molar-refractivity contribution >= 4 is 11.0 Å². The van der Waals surface area contributed by atoms with E-state index in [2.05, 4.69) is 45.6 Å². The van der Waals surface area contributed by atoms with Gasteiger partial charge in [-0.1, -0.05) is 30.3 Å².